The molecule has 4 heteroatoms. The number of ether oxygens (including phenoxy) is 1. The topological polar surface area (TPSA) is 32.0 Å². The van der Waals surface area contributed by atoms with Gasteiger partial charge in [-0.3, -0.25) is 0 Å². The zero-order valence-electron chi connectivity index (χ0n) is 37.9. The third-order valence-corrected chi connectivity index (χ3v) is 15.0. The smallest absolute Gasteiger partial charge is 0.132 e. The van der Waals surface area contributed by atoms with Crippen LogP contribution in [0.5, 0.6) is 11.5 Å². The maximum Gasteiger partial charge on any atom is 0.132 e. The van der Waals surface area contributed by atoms with Crippen molar-refractivity contribution in [2.75, 3.05) is 0 Å². The van der Waals surface area contributed by atoms with E-state index >= 15 is 0 Å². The van der Waals surface area contributed by atoms with Crippen LogP contribution in [0.1, 0.15) is 22.3 Å². The number of para-hydroxylation sites is 5. The fourth-order valence-electron chi connectivity index (χ4n) is 12.1. The molecular formula is C66H41N3O. The van der Waals surface area contributed by atoms with Crippen LogP contribution in [-0.4, -0.2) is 14.1 Å². The van der Waals surface area contributed by atoms with Crippen LogP contribution in [0.25, 0.3) is 99.8 Å². The summed E-state index contributed by atoms with van der Waals surface area (Å²) in [6, 6.07) is 90.2. The van der Waals surface area contributed by atoms with Gasteiger partial charge in [0.1, 0.15) is 11.5 Å². The molecule has 0 saturated carbocycles. The fourth-order valence-corrected chi connectivity index (χ4v) is 12.1. The highest BCUT2D eigenvalue weighted by atomic mass is 16.5. The second-order valence-corrected chi connectivity index (χ2v) is 18.6. The van der Waals surface area contributed by atoms with Gasteiger partial charge in [0.2, 0.25) is 0 Å². The SMILES string of the molecule is c1ccc(-c2cc(-c3cccc4c3c3cc(-c5ccc6c(c5)Oc5ccccc5C65c6ccccc6-n6c7ccccc7c7cccc5c76)ccc3n4-c3ccccc3)cc(-c3ccccc3)n2)cc1. The summed E-state index contributed by atoms with van der Waals surface area (Å²) in [7, 11) is 0. The van der Waals surface area contributed by atoms with Crippen molar-refractivity contribution in [2.24, 2.45) is 0 Å². The lowest BCUT2D eigenvalue weighted by Crippen LogP contribution is -2.37. The number of hydrogen-bond acceptors (Lipinski definition) is 2. The van der Waals surface area contributed by atoms with E-state index in [1.807, 2.05) is 0 Å². The first kappa shape index (κ1) is 38.8. The van der Waals surface area contributed by atoms with Gasteiger partial charge >= 0.3 is 0 Å². The maximum absolute atomic E-state index is 7.10. The molecule has 70 heavy (non-hydrogen) atoms. The molecule has 2 aliphatic rings. The number of benzene rings is 10. The third kappa shape index (κ3) is 5.44. The summed E-state index contributed by atoms with van der Waals surface area (Å²) >= 11 is 0. The molecule has 0 saturated heterocycles. The molecule has 0 fully saturated rings. The van der Waals surface area contributed by atoms with Gasteiger partial charge in [-0.1, -0.05) is 182 Å². The molecule has 2 aliphatic heterocycles. The molecule has 3 aromatic heterocycles. The Labute approximate surface area is 404 Å². The van der Waals surface area contributed by atoms with E-state index in [1.54, 1.807) is 0 Å². The van der Waals surface area contributed by atoms with Gasteiger partial charge in [0, 0.05) is 49.5 Å². The molecule has 13 aromatic rings. The van der Waals surface area contributed by atoms with Crippen molar-refractivity contribution in [3.63, 3.8) is 0 Å². The first-order chi connectivity index (χ1) is 34.7. The average molecular weight is 892 g/mol. The molecule has 5 heterocycles. The molecule has 0 radical (unpaired) electrons. The van der Waals surface area contributed by atoms with Crippen molar-refractivity contribution in [1.29, 1.82) is 0 Å². The molecule has 326 valence electrons. The van der Waals surface area contributed by atoms with E-state index in [-0.39, 0.29) is 0 Å². The van der Waals surface area contributed by atoms with Crippen LogP contribution in [0, 0.1) is 0 Å². The zero-order chi connectivity index (χ0) is 45.9. The summed E-state index contributed by atoms with van der Waals surface area (Å²) in [5.41, 5.74) is 19.7. The molecule has 1 spiro atoms. The molecule has 1 unspecified atom stereocenters. The quantitative estimate of drug-likeness (QED) is 0.172. The first-order valence-electron chi connectivity index (χ1n) is 24.0. The van der Waals surface area contributed by atoms with E-state index in [1.165, 1.54) is 49.4 Å². The lowest BCUT2D eigenvalue weighted by atomic mass is 9.61. The van der Waals surface area contributed by atoms with Crippen LogP contribution in [0.4, 0.5) is 0 Å². The van der Waals surface area contributed by atoms with Crippen molar-refractivity contribution in [2.45, 2.75) is 5.41 Å². The van der Waals surface area contributed by atoms with Gasteiger partial charge < -0.3 is 13.9 Å². The Morgan fingerprint density at radius 1 is 0.343 bits per heavy atom. The van der Waals surface area contributed by atoms with Crippen molar-refractivity contribution < 1.29 is 4.74 Å². The normalized spacial score (nSPS) is 14.5. The molecule has 0 N–H and O–H groups in total. The van der Waals surface area contributed by atoms with Crippen molar-refractivity contribution in [1.82, 2.24) is 14.1 Å². The van der Waals surface area contributed by atoms with Crippen LogP contribution in [-0.2, 0) is 5.41 Å². The number of rotatable bonds is 5. The molecule has 4 nitrogen and oxygen atoms in total. The van der Waals surface area contributed by atoms with Crippen LogP contribution in [0.2, 0.25) is 0 Å². The number of fused-ring (bicyclic) bond motifs is 14. The largest absolute Gasteiger partial charge is 0.457 e. The monoisotopic (exact) mass is 891 g/mol. The summed E-state index contributed by atoms with van der Waals surface area (Å²) < 4.78 is 12.0. The Morgan fingerprint density at radius 3 is 1.73 bits per heavy atom. The van der Waals surface area contributed by atoms with Crippen molar-refractivity contribution >= 4 is 43.6 Å². The predicted molar refractivity (Wildman–Crippen MR) is 287 cm³/mol. The molecule has 0 bridgehead atoms. The Kier molecular flexibility index (Phi) is 8.25. The standard InChI is InChI=1S/C66H41N3O/c1-4-18-42(19-5-1)56-39-46(40-57(67-56)43-20-6-2-7-21-43)48-25-17-32-61-64(48)51-38-44(35-37-59(51)68(61)47-22-8-3-9-23-47)45-34-36-54-63(41-45)70-62-33-15-12-28-53(62)66(54)52-27-11-14-31-60(52)69-58-30-13-10-24-49(58)50-26-16-29-55(66)65(50)69/h1-41H. The van der Waals surface area contributed by atoms with Gasteiger partial charge in [-0.05, 0) is 100 Å². The Morgan fingerprint density at radius 2 is 0.929 bits per heavy atom. The molecule has 10 aromatic carbocycles. The summed E-state index contributed by atoms with van der Waals surface area (Å²) in [5.74, 6) is 1.73. The molecule has 0 amide bonds. The van der Waals surface area contributed by atoms with Crippen LogP contribution < -0.4 is 4.74 Å². The van der Waals surface area contributed by atoms with Crippen LogP contribution in [0.15, 0.2) is 249 Å². The minimum atomic E-state index is -0.632. The van der Waals surface area contributed by atoms with Crippen LogP contribution in [0.3, 0.4) is 0 Å². The first-order valence-corrected chi connectivity index (χ1v) is 24.0. The second-order valence-electron chi connectivity index (χ2n) is 18.6. The highest BCUT2D eigenvalue weighted by Crippen LogP contribution is 2.60. The summed E-state index contributed by atoms with van der Waals surface area (Å²) in [6.45, 7) is 0. The molecule has 15 rings (SSSR count). The molecular weight excluding hydrogens is 851 g/mol. The lowest BCUT2D eigenvalue weighted by molar-refractivity contribution is 0.434. The minimum absolute atomic E-state index is 0.632. The second kappa shape index (κ2) is 14.9. The highest BCUT2D eigenvalue weighted by molar-refractivity contribution is 6.17. The lowest BCUT2D eigenvalue weighted by Gasteiger charge is -2.45. The average Bonchev–Trinajstić information content (AvgIpc) is 3.96. The summed E-state index contributed by atoms with van der Waals surface area (Å²) in [5, 5.41) is 4.88. The van der Waals surface area contributed by atoms with Gasteiger partial charge in [0.05, 0.1) is 44.6 Å². The number of pyridine rings is 1. The Hall–Kier alpha value is -9.25. The van der Waals surface area contributed by atoms with Crippen LogP contribution >= 0.6 is 0 Å². The van der Waals surface area contributed by atoms with Gasteiger partial charge in [-0.2, -0.15) is 0 Å². The van der Waals surface area contributed by atoms with Gasteiger partial charge in [0.15, 0.2) is 0 Å². The third-order valence-electron chi connectivity index (χ3n) is 15.0. The van der Waals surface area contributed by atoms with E-state index in [9.17, 15) is 0 Å². The zero-order valence-corrected chi connectivity index (χ0v) is 37.9. The molecule has 0 aliphatic carbocycles. The number of aromatic nitrogens is 3. The van der Waals surface area contributed by atoms with Crippen molar-refractivity contribution in [3.8, 4) is 67.6 Å². The van der Waals surface area contributed by atoms with E-state index in [0.717, 1.165) is 84.1 Å². The summed E-state index contributed by atoms with van der Waals surface area (Å²) in [6.07, 6.45) is 0. The van der Waals surface area contributed by atoms with Crippen molar-refractivity contribution in [3.05, 3.63) is 271 Å². The number of nitrogens with zero attached hydrogens (tertiary/aromatic N) is 3. The summed E-state index contributed by atoms with van der Waals surface area (Å²) in [4.78, 5) is 5.26. The van der Waals surface area contributed by atoms with E-state index in [4.69, 9.17) is 9.72 Å². The minimum Gasteiger partial charge on any atom is -0.457 e. The van der Waals surface area contributed by atoms with E-state index in [2.05, 4.69) is 258 Å². The Balaban J connectivity index is 0.967. The number of hydrogen-bond donors (Lipinski definition) is 0. The predicted octanol–water partition coefficient (Wildman–Crippen LogP) is 16.7. The van der Waals surface area contributed by atoms with E-state index in [0.29, 0.717) is 0 Å². The maximum atomic E-state index is 7.10. The fraction of sp³-hybridized carbons (Fsp3) is 0.0152. The van der Waals surface area contributed by atoms with Gasteiger partial charge in [0.25, 0.3) is 0 Å². The van der Waals surface area contributed by atoms with Gasteiger partial charge in [-0.25, -0.2) is 4.98 Å². The molecule has 1 atom stereocenters. The highest BCUT2D eigenvalue weighted by Gasteiger charge is 2.50. The van der Waals surface area contributed by atoms with E-state index < -0.39 is 5.41 Å². The van der Waals surface area contributed by atoms with Gasteiger partial charge in [-0.15, -0.1) is 0 Å². The Bertz CT molecular complexity index is 4210.